The van der Waals surface area contributed by atoms with Gasteiger partial charge in [-0.05, 0) is 26.9 Å². The van der Waals surface area contributed by atoms with Crippen LogP contribution in [0.3, 0.4) is 0 Å². The van der Waals surface area contributed by atoms with Crippen molar-refractivity contribution < 1.29 is 9.90 Å². The molecule has 6 heteroatoms. The Morgan fingerprint density at radius 3 is 2.63 bits per heavy atom. The first-order chi connectivity index (χ1) is 9.00. The number of rotatable bonds is 5. The topological polar surface area (TPSA) is 58.4 Å². The Balaban J connectivity index is 2.30. The van der Waals surface area contributed by atoms with Crippen LogP contribution in [-0.4, -0.2) is 46.4 Å². The molecule has 1 heterocycles. The minimum Gasteiger partial charge on any atom is -0.478 e. The van der Waals surface area contributed by atoms with Crippen molar-refractivity contribution in [1.82, 2.24) is 14.7 Å². The quantitative estimate of drug-likeness (QED) is 0.903. The van der Waals surface area contributed by atoms with Crippen LogP contribution in [0, 0.1) is 0 Å². The van der Waals surface area contributed by atoms with Crippen molar-refractivity contribution in [2.45, 2.75) is 38.1 Å². The second-order valence-corrected chi connectivity index (χ2v) is 5.72. The highest BCUT2D eigenvalue weighted by Crippen LogP contribution is 2.37. The molecule has 0 unspecified atom stereocenters. The van der Waals surface area contributed by atoms with E-state index in [4.69, 9.17) is 11.6 Å². The van der Waals surface area contributed by atoms with Crippen LogP contribution < -0.4 is 0 Å². The molecule has 0 amide bonds. The van der Waals surface area contributed by atoms with Crippen molar-refractivity contribution in [3.8, 4) is 0 Å². The number of nitrogens with zero attached hydrogens (tertiary/aromatic N) is 3. The molecule has 0 bridgehead atoms. The molecule has 0 aliphatic heterocycles. The summed E-state index contributed by atoms with van der Waals surface area (Å²) in [5.74, 6) is -0.716. The molecule has 1 aliphatic rings. The van der Waals surface area contributed by atoms with Gasteiger partial charge in [-0.2, -0.15) is 5.10 Å². The summed E-state index contributed by atoms with van der Waals surface area (Å²) < 4.78 is 1.62. The van der Waals surface area contributed by atoms with Gasteiger partial charge in [-0.25, -0.2) is 4.79 Å². The van der Waals surface area contributed by atoms with Crippen LogP contribution >= 0.6 is 11.6 Å². The standard InChI is InChI=1S/C13H20ClN3O2/c1-16(2)7-8-17-12(14)10(13(18)19)11(15-17)9-5-3-4-6-9/h9H,3-8H2,1-2H3,(H,18,19). The molecule has 1 N–H and O–H groups in total. The van der Waals surface area contributed by atoms with Gasteiger partial charge in [0.25, 0.3) is 0 Å². The van der Waals surface area contributed by atoms with Gasteiger partial charge in [0.15, 0.2) is 0 Å². The zero-order chi connectivity index (χ0) is 14.0. The van der Waals surface area contributed by atoms with E-state index >= 15 is 0 Å². The molecule has 1 saturated carbocycles. The highest BCUT2D eigenvalue weighted by atomic mass is 35.5. The number of aromatic nitrogens is 2. The molecule has 0 saturated heterocycles. The van der Waals surface area contributed by atoms with E-state index in [0.29, 0.717) is 12.2 Å². The van der Waals surface area contributed by atoms with Gasteiger partial charge in [-0.3, -0.25) is 4.68 Å². The van der Waals surface area contributed by atoms with Crippen molar-refractivity contribution in [3.05, 3.63) is 16.4 Å². The van der Waals surface area contributed by atoms with E-state index in [1.54, 1.807) is 4.68 Å². The summed E-state index contributed by atoms with van der Waals surface area (Å²) in [5.41, 5.74) is 0.876. The number of carboxylic acid groups (broad SMARTS) is 1. The van der Waals surface area contributed by atoms with E-state index in [9.17, 15) is 9.90 Å². The van der Waals surface area contributed by atoms with Crippen molar-refractivity contribution in [1.29, 1.82) is 0 Å². The molecule has 5 nitrogen and oxygen atoms in total. The van der Waals surface area contributed by atoms with E-state index in [1.807, 2.05) is 19.0 Å². The first-order valence-electron chi connectivity index (χ1n) is 6.65. The molecule has 1 aromatic heterocycles. The molecule has 0 radical (unpaired) electrons. The fraction of sp³-hybridized carbons (Fsp3) is 0.692. The minimum atomic E-state index is -0.969. The smallest absolute Gasteiger partial charge is 0.340 e. The van der Waals surface area contributed by atoms with Gasteiger partial charge in [-0.15, -0.1) is 0 Å². The van der Waals surface area contributed by atoms with Crippen molar-refractivity contribution in [2.24, 2.45) is 0 Å². The molecule has 1 fully saturated rings. The maximum Gasteiger partial charge on any atom is 0.340 e. The lowest BCUT2D eigenvalue weighted by Crippen LogP contribution is -2.19. The van der Waals surface area contributed by atoms with Crippen LogP contribution in [0.15, 0.2) is 0 Å². The molecule has 106 valence electrons. The summed E-state index contributed by atoms with van der Waals surface area (Å²) in [4.78, 5) is 13.4. The first kappa shape index (κ1) is 14.3. The van der Waals surface area contributed by atoms with Gasteiger partial charge in [0.1, 0.15) is 10.7 Å². The van der Waals surface area contributed by atoms with Gasteiger partial charge < -0.3 is 10.0 Å². The highest BCUT2D eigenvalue weighted by molar-refractivity contribution is 6.32. The van der Waals surface area contributed by atoms with Gasteiger partial charge >= 0.3 is 5.97 Å². The minimum absolute atomic E-state index is 0.201. The van der Waals surface area contributed by atoms with E-state index in [1.165, 1.54) is 0 Å². The molecule has 0 spiro atoms. The molecule has 2 rings (SSSR count). The summed E-state index contributed by atoms with van der Waals surface area (Å²) in [6.45, 7) is 1.39. The zero-order valence-electron chi connectivity index (χ0n) is 11.4. The maximum absolute atomic E-state index is 11.4. The SMILES string of the molecule is CN(C)CCn1nc(C2CCCC2)c(C(=O)O)c1Cl. The van der Waals surface area contributed by atoms with Crippen molar-refractivity contribution >= 4 is 17.6 Å². The fourth-order valence-electron chi connectivity index (χ4n) is 2.58. The third-order valence-corrected chi connectivity index (χ3v) is 4.02. The Hall–Kier alpha value is -1.07. The van der Waals surface area contributed by atoms with Crippen LogP contribution in [0.4, 0.5) is 0 Å². The number of hydrogen-bond donors (Lipinski definition) is 1. The second-order valence-electron chi connectivity index (χ2n) is 5.36. The van der Waals surface area contributed by atoms with E-state index < -0.39 is 5.97 Å². The average Bonchev–Trinajstić information content (AvgIpc) is 2.93. The Bertz CT molecular complexity index is 465. The zero-order valence-corrected chi connectivity index (χ0v) is 12.2. The number of aromatic carboxylic acids is 1. The van der Waals surface area contributed by atoms with Crippen LogP contribution in [-0.2, 0) is 6.54 Å². The third-order valence-electron chi connectivity index (χ3n) is 3.63. The Morgan fingerprint density at radius 2 is 2.11 bits per heavy atom. The van der Waals surface area contributed by atoms with Gasteiger partial charge in [0.05, 0.1) is 12.2 Å². The fourth-order valence-corrected chi connectivity index (χ4v) is 2.88. The molecular weight excluding hydrogens is 266 g/mol. The number of hydrogen-bond acceptors (Lipinski definition) is 3. The summed E-state index contributed by atoms with van der Waals surface area (Å²) in [6, 6.07) is 0. The maximum atomic E-state index is 11.4. The molecule has 1 aromatic rings. The molecule has 19 heavy (non-hydrogen) atoms. The first-order valence-corrected chi connectivity index (χ1v) is 7.02. The number of carboxylic acids is 1. The Kier molecular flexibility index (Phi) is 4.47. The van der Waals surface area contributed by atoms with Crippen LogP contribution in [0.25, 0.3) is 0 Å². The molecule has 0 aromatic carbocycles. The van der Waals surface area contributed by atoms with Gasteiger partial charge in [-0.1, -0.05) is 24.4 Å². The summed E-state index contributed by atoms with van der Waals surface area (Å²) in [7, 11) is 3.93. The predicted molar refractivity (Wildman–Crippen MR) is 74.0 cm³/mol. The van der Waals surface area contributed by atoms with Gasteiger partial charge in [0.2, 0.25) is 0 Å². The monoisotopic (exact) mass is 285 g/mol. The average molecular weight is 286 g/mol. The molecule has 1 aliphatic carbocycles. The largest absolute Gasteiger partial charge is 0.478 e. The molecule has 0 atom stereocenters. The van der Waals surface area contributed by atoms with E-state index in [-0.39, 0.29) is 16.6 Å². The number of carbonyl (C=O) groups is 1. The lowest BCUT2D eigenvalue weighted by Gasteiger charge is -2.09. The lowest BCUT2D eigenvalue weighted by atomic mass is 10.0. The van der Waals surface area contributed by atoms with E-state index in [2.05, 4.69) is 5.10 Å². The summed E-state index contributed by atoms with van der Waals surface area (Å²) in [6.07, 6.45) is 4.32. The lowest BCUT2D eigenvalue weighted by molar-refractivity contribution is 0.0695. The Morgan fingerprint density at radius 1 is 1.47 bits per heavy atom. The van der Waals surface area contributed by atoms with Crippen molar-refractivity contribution in [2.75, 3.05) is 20.6 Å². The van der Waals surface area contributed by atoms with Crippen LogP contribution in [0.1, 0.15) is 47.7 Å². The second kappa shape index (κ2) is 5.92. The van der Waals surface area contributed by atoms with E-state index in [0.717, 1.165) is 32.2 Å². The predicted octanol–water partition coefficient (Wildman–Crippen LogP) is 2.45. The third kappa shape index (κ3) is 3.09. The summed E-state index contributed by atoms with van der Waals surface area (Å²) in [5, 5.41) is 14.1. The highest BCUT2D eigenvalue weighted by Gasteiger charge is 2.29. The number of likely N-dealkylation sites (N-methyl/N-ethyl adjacent to an activating group) is 1. The van der Waals surface area contributed by atoms with Crippen molar-refractivity contribution in [3.63, 3.8) is 0 Å². The summed E-state index contributed by atoms with van der Waals surface area (Å²) >= 11 is 6.19. The van der Waals surface area contributed by atoms with Crippen LogP contribution in [0.2, 0.25) is 5.15 Å². The normalized spacial score (nSPS) is 16.4. The number of halogens is 1. The van der Waals surface area contributed by atoms with Gasteiger partial charge in [0, 0.05) is 12.5 Å². The Labute approximate surface area is 118 Å². The van der Waals surface area contributed by atoms with Crippen LogP contribution in [0.5, 0.6) is 0 Å². The molecular formula is C13H20ClN3O2.